The van der Waals surface area contributed by atoms with Crippen molar-refractivity contribution in [3.8, 4) is 0 Å². The lowest BCUT2D eigenvalue weighted by atomic mass is 9.86. The molecule has 0 aliphatic heterocycles. The van der Waals surface area contributed by atoms with Gasteiger partial charge >= 0.3 is 0 Å². The number of halogens is 1. The van der Waals surface area contributed by atoms with E-state index in [0.29, 0.717) is 5.92 Å². The van der Waals surface area contributed by atoms with Gasteiger partial charge in [-0.3, -0.25) is 0 Å². The third kappa shape index (κ3) is 4.15. The molecule has 1 aromatic carbocycles. The first kappa shape index (κ1) is 13.5. The van der Waals surface area contributed by atoms with E-state index in [1.165, 1.54) is 12.0 Å². The van der Waals surface area contributed by atoms with Crippen LogP contribution < -0.4 is 5.32 Å². The maximum atomic E-state index is 6.00. The van der Waals surface area contributed by atoms with E-state index in [9.17, 15) is 0 Å². The molecule has 16 heavy (non-hydrogen) atoms. The van der Waals surface area contributed by atoms with Crippen molar-refractivity contribution in [1.82, 2.24) is 5.32 Å². The lowest BCUT2D eigenvalue weighted by Crippen LogP contribution is -2.26. The largest absolute Gasteiger partial charge is 0.319 e. The van der Waals surface area contributed by atoms with E-state index in [2.05, 4.69) is 31.3 Å². The van der Waals surface area contributed by atoms with E-state index in [-0.39, 0.29) is 0 Å². The lowest BCUT2D eigenvalue weighted by molar-refractivity contribution is 0.337. The van der Waals surface area contributed by atoms with Gasteiger partial charge in [0.15, 0.2) is 0 Å². The van der Waals surface area contributed by atoms with Gasteiger partial charge in [-0.05, 0) is 49.5 Å². The molecule has 0 fully saturated rings. The zero-order chi connectivity index (χ0) is 12.0. The van der Waals surface area contributed by atoms with Crippen molar-refractivity contribution in [2.75, 3.05) is 13.6 Å². The Morgan fingerprint density at radius 3 is 2.69 bits per heavy atom. The maximum absolute atomic E-state index is 6.00. The van der Waals surface area contributed by atoms with E-state index < -0.39 is 0 Å². The first-order valence-corrected chi connectivity index (χ1v) is 6.44. The fourth-order valence-corrected chi connectivity index (χ4v) is 2.25. The van der Waals surface area contributed by atoms with Crippen LogP contribution in [-0.4, -0.2) is 13.6 Å². The molecule has 0 saturated carbocycles. The summed E-state index contributed by atoms with van der Waals surface area (Å²) >= 11 is 6.00. The minimum Gasteiger partial charge on any atom is -0.319 e. The summed E-state index contributed by atoms with van der Waals surface area (Å²) in [5.74, 6) is 1.43. The van der Waals surface area contributed by atoms with Crippen molar-refractivity contribution in [1.29, 1.82) is 0 Å². The summed E-state index contributed by atoms with van der Waals surface area (Å²) in [7, 11) is 2.02. The second-order valence-electron chi connectivity index (χ2n) is 4.54. The zero-order valence-corrected chi connectivity index (χ0v) is 11.2. The molecular formula is C14H22ClN. The number of hydrogen-bond acceptors (Lipinski definition) is 1. The van der Waals surface area contributed by atoms with Crippen molar-refractivity contribution in [3.63, 3.8) is 0 Å². The van der Waals surface area contributed by atoms with Crippen LogP contribution in [0.25, 0.3) is 0 Å². The molecule has 0 radical (unpaired) electrons. The van der Waals surface area contributed by atoms with Crippen molar-refractivity contribution in [2.45, 2.75) is 26.7 Å². The third-order valence-corrected chi connectivity index (χ3v) is 3.54. The quantitative estimate of drug-likeness (QED) is 0.797. The number of hydrogen-bond donors (Lipinski definition) is 1. The second kappa shape index (κ2) is 6.93. The molecule has 0 bridgehead atoms. The van der Waals surface area contributed by atoms with E-state index in [1.807, 2.05) is 19.2 Å². The fourth-order valence-electron chi connectivity index (χ4n) is 2.04. The van der Waals surface area contributed by atoms with Gasteiger partial charge in [0.2, 0.25) is 0 Å². The predicted molar refractivity (Wildman–Crippen MR) is 72.0 cm³/mol. The highest BCUT2D eigenvalue weighted by Gasteiger charge is 2.15. The number of nitrogens with one attached hydrogen (secondary N) is 1. The van der Waals surface area contributed by atoms with Crippen LogP contribution >= 0.6 is 11.6 Å². The summed E-state index contributed by atoms with van der Waals surface area (Å²) in [4.78, 5) is 0. The van der Waals surface area contributed by atoms with Crippen LogP contribution in [0.5, 0.6) is 0 Å². The van der Waals surface area contributed by atoms with Gasteiger partial charge in [0.25, 0.3) is 0 Å². The number of benzene rings is 1. The summed E-state index contributed by atoms with van der Waals surface area (Å²) in [5, 5.41) is 4.12. The Morgan fingerprint density at radius 2 is 2.12 bits per heavy atom. The molecule has 1 rings (SSSR count). The Morgan fingerprint density at radius 1 is 1.38 bits per heavy atom. The van der Waals surface area contributed by atoms with Crippen molar-refractivity contribution >= 4 is 11.6 Å². The van der Waals surface area contributed by atoms with Crippen molar-refractivity contribution in [3.05, 3.63) is 34.9 Å². The molecule has 2 heteroatoms. The molecule has 1 N–H and O–H groups in total. The highest BCUT2D eigenvalue weighted by molar-refractivity contribution is 6.30. The van der Waals surface area contributed by atoms with Crippen LogP contribution in [0.2, 0.25) is 5.02 Å². The highest BCUT2D eigenvalue weighted by Crippen LogP contribution is 2.21. The predicted octanol–water partition coefficient (Wildman–Crippen LogP) is 3.76. The molecular weight excluding hydrogens is 218 g/mol. The molecule has 1 aromatic rings. The Hall–Kier alpha value is -0.530. The molecule has 0 spiro atoms. The van der Waals surface area contributed by atoms with Crippen LogP contribution in [0.3, 0.4) is 0 Å². The van der Waals surface area contributed by atoms with Gasteiger partial charge in [0, 0.05) is 5.02 Å². The average Bonchev–Trinajstić information content (AvgIpc) is 2.27. The maximum Gasteiger partial charge on any atom is 0.0408 e. The minimum atomic E-state index is 0.688. The summed E-state index contributed by atoms with van der Waals surface area (Å²) in [6.45, 7) is 5.65. The van der Waals surface area contributed by atoms with Gasteiger partial charge in [-0.15, -0.1) is 0 Å². The number of rotatable bonds is 6. The van der Waals surface area contributed by atoms with E-state index in [4.69, 9.17) is 11.6 Å². The summed E-state index contributed by atoms with van der Waals surface area (Å²) in [6, 6.07) is 8.20. The molecule has 0 amide bonds. The van der Waals surface area contributed by atoms with Gasteiger partial charge in [0.1, 0.15) is 0 Å². The van der Waals surface area contributed by atoms with E-state index in [0.717, 1.165) is 23.9 Å². The minimum absolute atomic E-state index is 0.688. The summed E-state index contributed by atoms with van der Waals surface area (Å²) in [6.07, 6.45) is 2.34. The van der Waals surface area contributed by atoms with Crippen LogP contribution in [-0.2, 0) is 6.42 Å². The van der Waals surface area contributed by atoms with Crippen LogP contribution in [0.4, 0.5) is 0 Å². The normalized spacial score (nSPS) is 14.8. The standard InChI is InChI=1S/C14H22ClN/c1-4-11(2)13(10-16-3)8-12-6-5-7-14(15)9-12/h5-7,9,11,13,16H,4,8,10H2,1-3H3. The van der Waals surface area contributed by atoms with Gasteiger partial charge in [-0.25, -0.2) is 0 Å². The highest BCUT2D eigenvalue weighted by atomic mass is 35.5. The Kier molecular flexibility index (Phi) is 5.86. The van der Waals surface area contributed by atoms with Crippen LogP contribution in [0.15, 0.2) is 24.3 Å². The lowest BCUT2D eigenvalue weighted by Gasteiger charge is -2.22. The fraction of sp³-hybridized carbons (Fsp3) is 0.571. The topological polar surface area (TPSA) is 12.0 Å². The Balaban J connectivity index is 2.67. The summed E-state index contributed by atoms with van der Waals surface area (Å²) in [5.41, 5.74) is 1.34. The Labute approximate surface area is 104 Å². The Bertz CT molecular complexity index is 311. The van der Waals surface area contributed by atoms with Crippen LogP contribution in [0, 0.1) is 11.8 Å². The van der Waals surface area contributed by atoms with Gasteiger partial charge < -0.3 is 5.32 Å². The van der Waals surface area contributed by atoms with Gasteiger partial charge in [-0.2, -0.15) is 0 Å². The molecule has 2 unspecified atom stereocenters. The molecule has 0 aromatic heterocycles. The smallest absolute Gasteiger partial charge is 0.0408 e. The molecule has 0 saturated heterocycles. The molecule has 1 nitrogen and oxygen atoms in total. The summed E-state index contributed by atoms with van der Waals surface area (Å²) < 4.78 is 0. The molecule has 0 heterocycles. The van der Waals surface area contributed by atoms with Crippen molar-refractivity contribution in [2.24, 2.45) is 11.8 Å². The van der Waals surface area contributed by atoms with Gasteiger partial charge in [0.05, 0.1) is 0 Å². The SMILES string of the molecule is CCC(C)C(CNC)Cc1cccc(Cl)c1. The third-order valence-electron chi connectivity index (χ3n) is 3.30. The second-order valence-corrected chi connectivity index (χ2v) is 4.97. The van der Waals surface area contributed by atoms with Gasteiger partial charge in [-0.1, -0.05) is 44.0 Å². The monoisotopic (exact) mass is 239 g/mol. The van der Waals surface area contributed by atoms with E-state index in [1.54, 1.807) is 0 Å². The molecule has 90 valence electrons. The molecule has 0 aliphatic rings. The van der Waals surface area contributed by atoms with E-state index >= 15 is 0 Å². The molecule has 2 atom stereocenters. The average molecular weight is 240 g/mol. The first-order chi connectivity index (χ1) is 7.67. The van der Waals surface area contributed by atoms with Crippen molar-refractivity contribution < 1.29 is 0 Å². The zero-order valence-electron chi connectivity index (χ0n) is 10.5. The van der Waals surface area contributed by atoms with Crippen LogP contribution in [0.1, 0.15) is 25.8 Å². The first-order valence-electron chi connectivity index (χ1n) is 6.06. The molecule has 0 aliphatic carbocycles.